The van der Waals surface area contributed by atoms with Crippen molar-refractivity contribution in [1.82, 2.24) is 24.9 Å². The molecule has 0 aliphatic carbocycles. The van der Waals surface area contributed by atoms with Gasteiger partial charge in [0, 0.05) is 62.5 Å². The fraction of sp³-hybridized carbons (Fsp3) is 0.613. The second-order valence-electron chi connectivity index (χ2n) is 12.4. The van der Waals surface area contributed by atoms with E-state index in [1.165, 1.54) is 0 Å². The summed E-state index contributed by atoms with van der Waals surface area (Å²) in [6.45, 7) is 8.48. The first-order valence-corrected chi connectivity index (χ1v) is 14.8. The topological polar surface area (TPSA) is 87.5 Å². The van der Waals surface area contributed by atoms with Crippen LogP contribution in [0.1, 0.15) is 76.1 Å². The first-order chi connectivity index (χ1) is 18.8. The van der Waals surface area contributed by atoms with Crippen molar-refractivity contribution in [2.45, 2.75) is 77.8 Å². The minimum absolute atomic E-state index is 0.0378. The molecule has 0 spiro atoms. The molecule has 210 valence electrons. The Balaban J connectivity index is 1.32. The number of benzene rings is 1. The molecule has 2 bridgehead atoms. The Morgan fingerprint density at radius 1 is 1.08 bits per heavy atom. The van der Waals surface area contributed by atoms with E-state index < -0.39 is 0 Å². The summed E-state index contributed by atoms with van der Waals surface area (Å²) in [5, 5.41) is 7.56. The highest BCUT2D eigenvalue weighted by molar-refractivity contribution is 5.95. The molecule has 0 radical (unpaired) electrons. The molecule has 5 rings (SSSR count). The number of carbonyl (C=O) groups is 3. The number of hydrogen-bond donors (Lipinski definition) is 1. The minimum Gasteiger partial charge on any atom is -0.353 e. The highest BCUT2D eigenvalue weighted by atomic mass is 16.2. The second kappa shape index (κ2) is 11.9. The number of fused-ring (bicyclic) bond motifs is 4. The number of carbonyl (C=O) groups excluding carboxylic acids is 3. The molecule has 2 aromatic rings. The zero-order chi connectivity index (χ0) is 27.5. The molecule has 1 aromatic carbocycles. The molecule has 0 unspecified atom stereocenters. The van der Waals surface area contributed by atoms with Gasteiger partial charge in [0.2, 0.25) is 11.8 Å². The first-order valence-electron chi connectivity index (χ1n) is 14.8. The van der Waals surface area contributed by atoms with Crippen LogP contribution in [0.15, 0.2) is 42.7 Å². The van der Waals surface area contributed by atoms with Crippen LogP contribution in [0.25, 0.3) is 5.69 Å². The Hall–Kier alpha value is -3.16. The maximum atomic E-state index is 13.7. The van der Waals surface area contributed by atoms with E-state index in [1.54, 1.807) is 10.9 Å². The molecule has 3 saturated heterocycles. The van der Waals surface area contributed by atoms with E-state index in [1.807, 2.05) is 41.4 Å². The lowest BCUT2D eigenvalue weighted by atomic mass is 9.77. The summed E-state index contributed by atoms with van der Waals surface area (Å²) in [6, 6.07) is 9.72. The fourth-order valence-electron chi connectivity index (χ4n) is 6.86. The number of rotatable bonds is 3. The van der Waals surface area contributed by atoms with Crippen molar-refractivity contribution in [1.29, 1.82) is 0 Å². The van der Waals surface area contributed by atoms with E-state index in [0.29, 0.717) is 44.0 Å². The molecule has 4 heterocycles. The van der Waals surface area contributed by atoms with Gasteiger partial charge in [0.25, 0.3) is 5.91 Å². The third kappa shape index (κ3) is 6.36. The van der Waals surface area contributed by atoms with Gasteiger partial charge >= 0.3 is 0 Å². The average molecular weight is 534 g/mol. The van der Waals surface area contributed by atoms with Crippen molar-refractivity contribution in [3.63, 3.8) is 0 Å². The molecule has 3 aliphatic rings. The Labute approximate surface area is 232 Å². The number of amides is 3. The number of hydrogen-bond acceptors (Lipinski definition) is 4. The lowest BCUT2D eigenvalue weighted by molar-refractivity contribution is -0.141. The van der Waals surface area contributed by atoms with Crippen LogP contribution in [0, 0.1) is 23.7 Å². The summed E-state index contributed by atoms with van der Waals surface area (Å²) < 4.78 is 1.76. The van der Waals surface area contributed by atoms with E-state index in [-0.39, 0.29) is 47.6 Å². The summed E-state index contributed by atoms with van der Waals surface area (Å²) in [7, 11) is 0. The lowest BCUT2D eigenvalue weighted by Crippen LogP contribution is -2.60. The zero-order valence-corrected chi connectivity index (χ0v) is 23.6. The Bertz CT molecular complexity index is 1160. The van der Waals surface area contributed by atoms with Gasteiger partial charge < -0.3 is 15.1 Å². The second-order valence-corrected chi connectivity index (χ2v) is 12.4. The van der Waals surface area contributed by atoms with Crippen LogP contribution < -0.4 is 5.32 Å². The predicted octanol–water partition coefficient (Wildman–Crippen LogP) is 4.29. The molecular weight excluding hydrogens is 490 g/mol. The molecule has 8 nitrogen and oxygen atoms in total. The van der Waals surface area contributed by atoms with E-state index >= 15 is 0 Å². The maximum absolute atomic E-state index is 13.7. The molecule has 3 fully saturated rings. The van der Waals surface area contributed by atoms with Crippen LogP contribution in [0.3, 0.4) is 0 Å². The summed E-state index contributed by atoms with van der Waals surface area (Å²) in [5.74, 6) is 1.55. The van der Waals surface area contributed by atoms with Gasteiger partial charge in [-0.1, -0.05) is 26.8 Å². The monoisotopic (exact) mass is 533 g/mol. The van der Waals surface area contributed by atoms with E-state index in [9.17, 15) is 14.4 Å². The van der Waals surface area contributed by atoms with Gasteiger partial charge in [0.05, 0.1) is 5.69 Å². The van der Waals surface area contributed by atoms with Gasteiger partial charge in [0.15, 0.2) is 0 Å². The standard InChI is InChI=1S/C31H43N5O3/c1-21(2)27-12-11-22(3)15-30(38)35-19-23-16-25(28(35)9-5-10-29(37)33-27)20-34(18-23)31(39)24-7-4-8-26(17-24)36-14-6-13-32-36/h4,6-8,13-14,17,21-23,25,27-28H,5,9-12,15-16,18-20H2,1-3H3,(H,33,37)/t22-,23+,25-,27+,28+/m1/s1. The highest BCUT2D eigenvalue weighted by Crippen LogP contribution is 2.37. The van der Waals surface area contributed by atoms with Crippen molar-refractivity contribution >= 4 is 17.7 Å². The number of piperidine rings is 2. The van der Waals surface area contributed by atoms with Gasteiger partial charge in [-0.05, 0) is 80.0 Å². The van der Waals surface area contributed by atoms with Crippen molar-refractivity contribution < 1.29 is 14.4 Å². The molecule has 1 N–H and O–H groups in total. The van der Waals surface area contributed by atoms with Crippen molar-refractivity contribution in [2.75, 3.05) is 19.6 Å². The Kier molecular flexibility index (Phi) is 8.38. The summed E-state index contributed by atoms with van der Waals surface area (Å²) >= 11 is 0. The largest absolute Gasteiger partial charge is 0.353 e. The molecule has 39 heavy (non-hydrogen) atoms. The molecule has 3 aliphatic heterocycles. The maximum Gasteiger partial charge on any atom is 0.253 e. The molecule has 8 heteroatoms. The van der Waals surface area contributed by atoms with Gasteiger partial charge in [-0.15, -0.1) is 0 Å². The van der Waals surface area contributed by atoms with Gasteiger partial charge in [0.1, 0.15) is 0 Å². The number of likely N-dealkylation sites (tertiary alicyclic amines) is 1. The molecule has 3 amide bonds. The first kappa shape index (κ1) is 27.4. The van der Waals surface area contributed by atoms with E-state index in [2.05, 4.69) is 36.1 Å². The van der Waals surface area contributed by atoms with Gasteiger partial charge in [-0.2, -0.15) is 5.10 Å². The van der Waals surface area contributed by atoms with Crippen LogP contribution >= 0.6 is 0 Å². The number of aromatic nitrogens is 2. The van der Waals surface area contributed by atoms with Crippen LogP contribution in [0.5, 0.6) is 0 Å². The molecule has 0 saturated carbocycles. The highest BCUT2D eigenvalue weighted by Gasteiger charge is 2.43. The number of nitrogens with zero attached hydrogens (tertiary/aromatic N) is 4. The Morgan fingerprint density at radius 2 is 1.92 bits per heavy atom. The summed E-state index contributed by atoms with van der Waals surface area (Å²) in [6.07, 6.45) is 9.05. The SMILES string of the molecule is CC(C)[C@@H]1CC[C@@H](C)CC(=O)N2C[C@H]3C[C@H](CN(C(=O)c4cccc(-n5cccn5)c4)C3)[C@@H]2CCCC(=O)N1. The smallest absolute Gasteiger partial charge is 0.253 e. The third-order valence-electron chi connectivity index (χ3n) is 8.99. The van der Waals surface area contributed by atoms with Crippen LogP contribution in [-0.4, -0.2) is 69.0 Å². The van der Waals surface area contributed by atoms with Crippen molar-refractivity contribution in [3.05, 3.63) is 48.3 Å². The number of nitrogens with one attached hydrogen (secondary N) is 1. The predicted molar refractivity (Wildman–Crippen MR) is 150 cm³/mol. The van der Waals surface area contributed by atoms with Crippen LogP contribution in [-0.2, 0) is 9.59 Å². The van der Waals surface area contributed by atoms with Crippen LogP contribution in [0.2, 0.25) is 0 Å². The van der Waals surface area contributed by atoms with Crippen molar-refractivity contribution in [2.24, 2.45) is 23.7 Å². The van der Waals surface area contributed by atoms with E-state index in [0.717, 1.165) is 37.8 Å². The molecule has 5 atom stereocenters. The summed E-state index contributed by atoms with van der Waals surface area (Å²) in [4.78, 5) is 44.2. The quantitative estimate of drug-likeness (QED) is 0.638. The Morgan fingerprint density at radius 3 is 2.69 bits per heavy atom. The fourth-order valence-corrected chi connectivity index (χ4v) is 6.86. The zero-order valence-electron chi connectivity index (χ0n) is 23.6. The minimum atomic E-state index is 0.0378. The lowest BCUT2D eigenvalue weighted by Gasteiger charge is -2.51. The van der Waals surface area contributed by atoms with Crippen molar-refractivity contribution in [3.8, 4) is 5.69 Å². The van der Waals surface area contributed by atoms with E-state index in [4.69, 9.17) is 0 Å². The molecular formula is C31H43N5O3. The van der Waals surface area contributed by atoms with Gasteiger partial charge in [-0.25, -0.2) is 4.68 Å². The molecule has 1 aromatic heterocycles. The average Bonchev–Trinajstić information content (AvgIpc) is 3.46. The third-order valence-corrected chi connectivity index (χ3v) is 8.99. The summed E-state index contributed by atoms with van der Waals surface area (Å²) in [5.41, 5.74) is 1.53. The van der Waals surface area contributed by atoms with Gasteiger partial charge in [-0.3, -0.25) is 14.4 Å². The van der Waals surface area contributed by atoms with Crippen LogP contribution in [0.4, 0.5) is 0 Å². The normalized spacial score (nSPS) is 28.7.